The smallest absolute Gasteiger partial charge is 0.345 e. The van der Waals surface area contributed by atoms with Crippen molar-refractivity contribution in [1.29, 1.82) is 0 Å². The summed E-state index contributed by atoms with van der Waals surface area (Å²) in [6.45, 7) is 0.544. The second kappa shape index (κ2) is 8.62. The highest BCUT2D eigenvalue weighted by atomic mass is 35.5. The predicted molar refractivity (Wildman–Crippen MR) is 115 cm³/mol. The Morgan fingerprint density at radius 1 is 1.03 bits per heavy atom. The van der Waals surface area contributed by atoms with Gasteiger partial charge in [-0.2, -0.15) is 17.5 Å². The summed E-state index contributed by atoms with van der Waals surface area (Å²) in [5.41, 5.74) is -0.0729. The lowest BCUT2D eigenvalue weighted by Crippen LogP contribution is -2.48. The van der Waals surface area contributed by atoms with E-state index < -0.39 is 32.5 Å². The van der Waals surface area contributed by atoms with Crippen LogP contribution in [0.15, 0.2) is 52.7 Å². The summed E-state index contributed by atoms with van der Waals surface area (Å²) in [6, 6.07) is 8.54. The van der Waals surface area contributed by atoms with Crippen molar-refractivity contribution in [1.82, 2.24) is 9.29 Å². The maximum absolute atomic E-state index is 13.7. The Balaban J connectivity index is 1.49. The van der Waals surface area contributed by atoms with E-state index in [1.54, 1.807) is 11.4 Å². The molecule has 1 fully saturated rings. The number of halogens is 5. The second-order valence-electron chi connectivity index (χ2n) is 7.03. The first-order chi connectivity index (χ1) is 15.1. The zero-order chi connectivity index (χ0) is 23.1. The van der Waals surface area contributed by atoms with Gasteiger partial charge in [-0.05, 0) is 24.3 Å². The van der Waals surface area contributed by atoms with Crippen molar-refractivity contribution >= 4 is 38.1 Å². The minimum absolute atomic E-state index is 0.00799. The van der Waals surface area contributed by atoms with E-state index in [2.05, 4.69) is 4.98 Å². The summed E-state index contributed by atoms with van der Waals surface area (Å²) in [7, 11) is -4.31. The molecule has 2 heterocycles. The molecule has 0 aliphatic carbocycles. The van der Waals surface area contributed by atoms with Crippen LogP contribution in [0.4, 0.5) is 22.7 Å². The number of thiazole rings is 1. The van der Waals surface area contributed by atoms with Crippen LogP contribution in [0.25, 0.3) is 11.3 Å². The number of rotatable bonds is 4. The highest BCUT2D eigenvalue weighted by Gasteiger charge is 2.39. The second-order valence-corrected chi connectivity index (χ2v) is 10.2. The fourth-order valence-electron chi connectivity index (χ4n) is 3.38. The summed E-state index contributed by atoms with van der Waals surface area (Å²) < 4.78 is 80.4. The Morgan fingerprint density at radius 3 is 2.38 bits per heavy atom. The minimum atomic E-state index is -4.77. The zero-order valence-electron chi connectivity index (χ0n) is 16.3. The molecule has 3 aromatic rings. The molecular weight excluding hydrogens is 490 g/mol. The van der Waals surface area contributed by atoms with Crippen LogP contribution in [0.5, 0.6) is 0 Å². The highest BCUT2D eigenvalue weighted by Crippen LogP contribution is 2.36. The number of hydrogen-bond acceptors (Lipinski definition) is 5. The van der Waals surface area contributed by atoms with Gasteiger partial charge in [0.25, 0.3) is 0 Å². The molecule has 2 aromatic carbocycles. The number of sulfonamides is 1. The van der Waals surface area contributed by atoms with Crippen molar-refractivity contribution in [3.8, 4) is 11.3 Å². The van der Waals surface area contributed by atoms with Crippen molar-refractivity contribution in [2.75, 3.05) is 31.1 Å². The van der Waals surface area contributed by atoms with Gasteiger partial charge in [-0.3, -0.25) is 0 Å². The van der Waals surface area contributed by atoms with E-state index >= 15 is 0 Å². The van der Waals surface area contributed by atoms with E-state index in [4.69, 9.17) is 11.6 Å². The van der Waals surface area contributed by atoms with Crippen LogP contribution in [0.3, 0.4) is 0 Å². The van der Waals surface area contributed by atoms with E-state index in [-0.39, 0.29) is 31.2 Å². The third kappa shape index (κ3) is 4.47. The highest BCUT2D eigenvalue weighted by molar-refractivity contribution is 7.89. The third-order valence-electron chi connectivity index (χ3n) is 5.03. The van der Waals surface area contributed by atoms with Gasteiger partial charge < -0.3 is 4.90 Å². The van der Waals surface area contributed by atoms with Gasteiger partial charge in [0.05, 0.1) is 21.2 Å². The summed E-state index contributed by atoms with van der Waals surface area (Å²) in [6.07, 6.45) is -4.77. The van der Waals surface area contributed by atoms with Crippen molar-refractivity contribution in [2.24, 2.45) is 0 Å². The Morgan fingerprint density at radius 2 is 1.72 bits per heavy atom. The van der Waals surface area contributed by atoms with E-state index in [0.717, 1.165) is 22.5 Å². The van der Waals surface area contributed by atoms with E-state index in [9.17, 15) is 26.0 Å². The van der Waals surface area contributed by atoms with Crippen LogP contribution >= 0.6 is 22.9 Å². The van der Waals surface area contributed by atoms with E-state index in [1.807, 2.05) is 4.90 Å². The fourth-order valence-corrected chi connectivity index (χ4v) is 6.02. The molecule has 1 aromatic heterocycles. The van der Waals surface area contributed by atoms with Gasteiger partial charge in [-0.1, -0.05) is 29.8 Å². The van der Waals surface area contributed by atoms with Crippen LogP contribution < -0.4 is 4.90 Å². The molecule has 4 rings (SSSR count). The molecule has 1 aliphatic rings. The summed E-state index contributed by atoms with van der Waals surface area (Å²) in [5, 5.41) is 2.37. The van der Waals surface area contributed by atoms with Crippen LogP contribution in [0.2, 0.25) is 5.02 Å². The average Bonchev–Trinajstić information content (AvgIpc) is 3.25. The number of hydrogen-bond donors (Lipinski definition) is 0. The Hall–Kier alpha value is -2.21. The molecule has 0 radical (unpaired) electrons. The van der Waals surface area contributed by atoms with E-state index in [1.165, 1.54) is 29.5 Å². The molecule has 1 aliphatic heterocycles. The fraction of sp³-hybridized carbons (Fsp3) is 0.250. The van der Waals surface area contributed by atoms with Crippen molar-refractivity contribution in [2.45, 2.75) is 11.1 Å². The average molecular weight is 506 g/mol. The van der Waals surface area contributed by atoms with Crippen LogP contribution in [0.1, 0.15) is 5.56 Å². The Labute approximate surface area is 190 Å². The van der Waals surface area contributed by atoms with Gasteiger partial charge >= 0.3 is 6.18 Å². The molecule has 32 heavy (non-hydrogen) atoms. The lowest BCUT2D eigenvalue weighted by molar-refractivity contribution is -0.139. The molecule has 0 saturated carbocycles. The van der Waals surface area contributed by atoms with Gasteiger partial charge in [0.2, 0.25) is 10.0 Å². The normalized spacial score (nSPS) is 15.8. The van der Waals surface area contributed by atoms with Gasteiger partial charge in [0.15, 0.2) is 5.13 Å². The first-order valence-corrected chi connectivity index (χ1v) is 12.1. The van der Waals surface area contributed by atoms with E-state index in [0.29, 0.717) is 16.4 Å². The third-order valence-corrected chi connectivity index (χ3v) is 8.19. The molecule has 0 N–H and O–H groups in total. The number of anilines is 1. The number of benzene rings is 2. The van der Waals surface area contributed by atoms with Crippen molar-refractivity contribution in [3.05, 3.63) is 64.2 Å². The summed E-state index contributed by atoms with van der Waals surface area (Å²) in [5.74, 6) is -0.559. The lowest BCUT2D eigenvalue weighted by atomic mass is 10.2. The lowest BCUT2D eigenvalue weighted by Gasteiger charge is -2.34. The molecule has 1 saturated heterocycles. The van der Waals surface area contributed by atoms with Crippen LogP contribution in [0, 0.1) is 5.82 Å². The molecule has 0 amide bonds. The molecule has 0 unspecified atom stereocenters. The number of alkyl halides is 3. The SMILES string of the molecule is O=S(=O)(c1ccccc1C(F)(F)F)N1CCN(c2nc(-c3ccc(Cl)c(F)c3)cs2)CC1. The first kappa shape index (κ1) is 23.0. The van der Waals surface area contributed by atoms with Crippen molar-refractivity contribution in [3.63, 3.8) is 0 Å². The number of piperazine rings is 1. The maximum Gasteiger partial charge on any atom is 0.417 e. The number of nitrogens with zero attached hydrogens (tertiary/aromatic N) is 3. The molecule has 12 heteroatoms. The number of aromatic nitrogens is 1. The Kier molecular flexibility index (Phi) is 6.19. The monoisotopic (exact) mass is 505 g/mol. The Bertz CT molecular complexity index is 1240. The predicted octanol–water partition coefficient (Wildman–Crippen LogP) is 5.13. The minimum Gasteiger partial charge on any atom is -0.345 e. The molecule has 170 valence electrons. The van der Waals surface area contributed by atoms with Gasteiger partial charge in [-0.15, -0.1) is 11.3 Å². The van der Waals surface area contributed by atoms with Crippen LogP contribution in [-0.2, 0) is 16.2 Å². The molecule has 0 spiro atoms. The maximum atomic E-state index is 13.7. The standard InChI is InChI=1S/C20H16ClF4N3O2S2/c21-15-6-5-13(11-16(15)22)17-12-31-19(26-17)27-7-9-28(10-8-27)32(29,30)18-4-2-1-3-14(18)20(23,24)25/h1-6,11-12H,7-10H2. The summed E-state index contributed by atoms with van der Waals surface area (Å²) >= 11 is 7.02. The topological polar surface area (TPSA) is 53.5 Å². The quantitative estimate of drug-likeness (QED) is 0.461. The first-order valence-electron chi connectivity index (χ1n) is 9.39. The van der Waals surface area contributed by atoms with Crippen LogP contribution in [-0.4, -0.2) is 43.9 Å². The summed E-state index contributed by atoms with van der Waals surface area (Å²) in [4.78, 5) is 5.59. The van der Waals surface area contributed by atoms with Gasteiger partial charge in [0.1, 0.15) is 5.82 Å². The largest absolute Gasteiger partial charge is 0.417 e. The molecular formula is C20H16ClF4N3O2S2. The zero-order valence-corrected chi connectivity index (χ0v) is 18.7. The van der Waals surface area contributed by atoms with Crippen molar-refractivity contribution < 1.29 is 26.0 Å². The van der Waals surface area contributed by atoms with Gasteiger partial charge in [-0.25, -0.2) is 17.8 Å². The molecule has 0 bridgehead atoms. The van der Waals surface area contributed by atoms with Gasteiger partial charge in [0, 0.05) is 37.1 Å². The molecule has 5 nitrogen and oxygen atoms in total. The molecule has 0 atom stereocenters.